The van der Waals surface area contributed by atoms with Crippen molar-refractivity contribution in [2.75, 3.05) is 13.7 Å². The Morgan fingerprint density at radius 3 is 2.12 bits per heavy atom. The van der Waals surface area contributed by atoms with Gasteiger partial charge in [-0.3, -0.25) is 14.6 Å². The van der Waals surface area contributed by atoms with Crippen molar-refractivity contribution in [3.63, 3.8) is 0 Å². The van der Waals surface area contributed by atoms with Crippen molar-refractivity contribution in [2.24, 2.45) is 0 Å². The summed E-state index contributed by atoms with van der Waals surface area (Å²) in [5.74, 6) is 0.119. The van der Waals surface area contributed by atoms with Crippen LogP contribution in [0.1, 0.15) is 69.0 Å². The Hall–Kier alpha value is -4.53. The van der Waals surface area contributed by atoms with Gasteiger partial charge in [-0.05, 0) is 86.3 Å². The van der Waals surface area contributed by atoms with Crippen molar-refractivity contribution in [1.29, 1.82) is 0 Å². The lowest BCUT2D eigenvalue weighted by atomic mass is 9.99. The third-order valence-electron chi connectivity index (χ3n) is 7.41. The van der Waals surface area contributed by atoms with Crippen LogP contribution in [0.3, 0.4) is 0 Å². The van der Waals surface area contributed by atoms with Crippen LogP contribution in [-0.2, 0) is 6.42 Å². The fraction of sp³-hybridized carbons (Fsp3) is 0.286. The van der Waals surface area contributed by atoms with Gasteiger partial charge in [0, 0.05) is 29.9 Å². The number of aromatic nitrogens is 1. The van der Waals surface area contributed by atoms with E-state index in [4.69, 9.17) is 4.74 Å². The van der Waals surface area contributed by atoms with Crippen molar-refractivity contribution in [3.8, 4) is 5.75 Å². The molecule has 4 aromatic rings. The number of aryl methyl sites for hydroxylation is 1. The summed E-state index contributed by atoms with van der Waals surface area (Å²) in [5.41, 5.74) is 4.29. The molecule has 0 fully saturated rings. The van der Waals surface area contributed by atoms with Gasteiger partial charge in [-0.2, -0.15) is 0 Å². The molecule has 43 heavy (non-hydrogen) atoms. The Kier molecular flexibility index (Phi) is 11.0. The van der Waals surface area contributed by atoms with Crippen LogP contribution in [0.5, 0.6) is 5.75 Å². The molecule has 8 nitrogen and oxygen atoms in total. The maximum absolute atomic E-state index is 13.5. The van der Waals surface area contributed by atoms with Crippen molar-refractivity contribution in [3.05, 3.63) is 131 Å². The number of aliphatic hydroxyl groups excluding tert-OH is 1. The summed E-state index contributed by atoms with van der Waals surface area (Å²) < 4.78 is 5.25. The summed E-state index contributed by atoms with van der Waals surface area (Å²) in [4.78, 5) is 31.0. The van der Waals surface area contributed by atoms with Gasteiger partial charge in [0.15, 0.2) is 0 Å². The number of benzene rings is 3. The summed E-state index contributed by atoms with van der Waals surface area (Å²) in [5, 5.41) is 20.7. The highest BCUT2D eigenvalue weighted by Gasteiger charge is 2.24. The number of nitrogens with zero attached hydrogens (tertiary/aromatic N) is 1. The highest BCUT2D eigenvalue weighted by molar-refractivity contribution is 6.00. The molecule has 1 aromatic heterocycles. The molecule has 0 bridgehead atoms. The average Bonchev–Trinajstić information content (AvgIpc) is 3.03. The number of pyridine rings is 1. The molecule has 2 amide bonds. The number of ether oxygens (including phenoxy) is 1. The molecule has 0 aliphatic carbocycles. The Morgan fingerprint density at radius 2 is 1.49 bits per heavy atom. The van der Waals surface area contributed by atoms with E-state index in [0.29, 0.717) is 17.5 Å². The highest BCUT2D eigenvalue weighted by Crippen LogP contribution is 2.18. The smallest absolute Gasteiger partial charge is 0.251 e. The largest absolute Gasteiger partial charge is 0.497 e. The third kappa shape index (κ3) is 8.98. The van der Waals surface area contributed by atoms with E-state index in [-0.39, 0.29) is 30.4 Å². The molecule has 0 saturated carbocycles. The molecular formula is C35H40N4O4. The molecule has 4 N–H and O–H groups in total. The van der Waals surface area contributed by atoms with E-state index in [1.807, 2.05) is 93.6 Å². The lowest BCUT2D eigenvalue weighted by Gasteiger charge is -2.26. The molecule has 8 heteroatoms. The Bertz CT molecular complexity index is 1480. The fourth-order valence-corrected chi connectivity index (χ4v) is 4.88. The van der Waals surface area contributed by atoms with Gasteiger partial charge >= 0.3 is 0 Å². The topological polar surface area (TPSA) is 113 Å². The van der Waals surface area contributed by atoms with Crippen LogP contribution in [0.15, 0.2) is 97.2 Å². The summed E-state index contributed by atoms with van der Waals surface area (Å²) in [6.45, 7) is 5.99. The highest BCUT2D eigenvalue weighted by atomic mass is 16.5. The molecule has 224 valence electrons. The number of carbonyl (C=O) groups is 2. The van der Waals surface area contributed by atoms with Gasteiger partial charge in [0.1, 0.15) is 5.75 Å². The van der Waals surface area contributed by atoms with E-state index in [1.54, 1.807) is 31.5 Å². The van der Waals surface area contributed by atoms with Gasteiger partial charge in [0.25, 0.3) is 11.8 Å². The number of amides is 2. The van der Waals surface area contributed by atoms with E-state index < -0.39 is 12.1 Å². The second-order valence-electron chi connectivity index (χ2n) is 10.8. The first-order valence-corrected chi connectivity index (χ1v) is 14.5. The average molecular weight is 581 g/mol. The lowest BCUT2D eigenvalue weighted by molar-refractivity contribution is 0.0825. The SMILES string of the molecule is COc1ccc([C@@H](C)NC[C@@H](O)[C@H](Cc2ccccc2)NC(=O)c2cc(C)cc(C(=O)NC(C)c3ccccn3)c2)cc1. The second-order valence-corrected chi connectivity index (χ2v) is 10.8. The lowest BCUT2D eigenvalue weighted by Crippen LogP contribution is -2.49. The van der Waals surface area contributed by atoms with Crippen LogP contribution in [0.2, 0.25) is 0 Å². The van der Waals surface area contributed by atoms with E-state index in [9.17, 15) is 14.7 Å². The molecule has 0 aliphatic rings. The summed E-state index contributed by atoms with van der Waals surface area (Å²) in [7, 11) is 1.63. The van der Waals surface area contributed by atoms with Crippen LogP contribution < -0.4 is 20.7 Å². The number of aliphatic hydroxyl groups is 1. The van der Waals surface area contributed by atoms with E-state index in [2.05, 4.69) is 20.9 Å². The summed E-state index contributed by atoms with van der Waals surface area (Å²) in [6, 6.07) is 27.2. The first-order valence-electron chi connectivity index (χ1n) is 14.5. The Labute approximate surface area is 253 Å². The van der Waals surface area contributed by atoms with Crippen LogP contribution in [-0.4, -0.2) is 47.7 Å². The molecule has 3 aromatic carbocycles. The fourth-order valence-electron chi connectivity index (χ4n) is 4.88. The molecule has 1 heterocycles. The van der Waals surface area contributed by atoms with Gasteiger partial charge in [0.05, 0.1) is 31.0 Å². The third-order valence-corrected chi connectivity index (χ3v) is 7.41. The summed E-state index contributed by atoms with van der Waals surface area (Å²) in [6.07, 6.45) is 1.24. The zero-order valence-electron chi connectivity index (χ0n) is 25.1. The number of methoxy groups -OCH3 is 1. The van der Waals surface area contributed by atoms with Crippen LogP contribution in [0.25, 0.3) is 0 Å². The number of hydrogen-bond donors (Lipinski definition) is 4. The Balaban J connectivity index is 1.46. The minimum absolute atomic E-state index is 0.0278. The maximum atomic E-state index is 13.5. The normalized spacial score (nSPS) is 13.8. The van der Waals surface area contributed by atoms with Gasteiger partial charge in [-0.15, -0.1) is 0 Å². The van der Waals surface area contributed by atoms with E-state index in [0.717, 1.165) is 28.1 Å². The van der Waals surface area contributed by atoms with E-state index >= 15 is 0 Å². The predicted molar refractivity (Wildman–Crippen MR) is 168 cm³/mol. The van der Waals surface area contributed by atoms with Gasteiger partial charge < -0.3 is 25.8 Å². The molecule has 4 rings (SSSR count). The van der Waals surface area contributed by atoms with Gasteiger partial charge in [-0.1, -0.05) is 48.5 Å². The molecule has 0 aliphatic heterocycles. The molecule has 0 spiro atoms. The first kappa shape index (κ1) is 31.4. The minimum Gasteiger partial charge on any atom is -0.497 e. The van der Waals surface area contributed by atoms with Crippen LogP contribution in [0.4, 0.5) is 0 Å². The number of rotatable bonds is 13. The van der Waals surface area contributed by atoms with Crippen molar-refractivity contribution in [1.82, 2.24) is 20.9 Å². The molecular weight excluding hydrogens is 540 g/mol. The quantitative estimate of drug-likeness (QED) is 0.178. The Morgan fingerprint density at radius 1 is 0.837 bits per heavy atom. The van der Waals surface area contributed by atoms with E-state index in [1.165, 1.54) is 0 Å². The molecule has 1 unspecified atom stereocenters. The standard InChI is InChI=1S/C35H40N4O4/c1-23-18-28(34(41)38-25(3)31-12-8-9-17-36-31)21-29(19-23)35(42)39-32(20-26-10-6-5-7-11-26)33(40)22-37-24(2)27-13-15-30(43-4)16-14-27/h5-19,21,24-25,32-33,37,40H,20,22H2,1-4H3,(H,38,41)(H,39,42)/t24-,25?,32+,33-/m1/s1. The number of nitrogens with one attached hydrogen (secondary N) is 3. The van der Waals surface area contributed by atoms with Crippen LogP contribution in [0, 0.1) is 6.92 Å². The monoisotopic (exact) mass is 580 g/mol. The zero-order chi connectivity index (χ0) is 30.8. The summed E-state index contributed by atoms with van der Waals surface area (Å²) >= 11 is 0. The minimum atomic E-state index is -0.878. The maximum Gasteiger partial charge on any atom is 0.251 e. The molecule has 4 atom stereocenters. The van der Waals surface area contributed by atoms with Gasteiger partial charge in [-0.25, -0.2) is 0 Å². The molecule has 0 radical (unpaired) electrons. The van der Waals surface area contributed by atoms with Crippen molar-refractivity contribution in [2.45, 2.75) is 51.4 Å². The zero-order valence-corrected chi connectivity index (χ0v) is 25.1. The number of hydrogen-bond acceptors (Lipinski definition) is 6. The van der Waals surface area contributed by atoms with Gasteiger partial charge in [0.2, 0.25) is 0 Å². The molecule has 0 saturated heterocycles. The van der Waals surface area contributed by atoms with Crippen molar-refractivity contribution < 1.29 is 19.4 Å². The second kappa shape index (κ2) is 15.1. The first-order chi connectivity index (χ1) is 20.7. The van der Waals surface area contributed by atoms with Crippen LogP contribution >= 0.6 is 0 Å². The number of carbonyl (C=O) groups excluding carboxylic acids is 2. The predicted octanol–water partition coefficient (Wildman–Crippen LogP) is 4.94. The van der Waals surface area contributed by atoms with Crippen molar-refractivity contribution >= 4 is 11.8 Å².